The molecule has 0 bridgehead atoms. The molecule has 0 aliphatic rings. The van der Waals surface area contributed by atoms with Crippen LogP contribution in [0.15, 0.2) is 0 Å². The lowest BCUT2D eigenvalue weighted by atomic mass is 10.1. The van der Waals surface area contributed by atoms with Crippen molar-refractivity contribution in [3.05, 3.63) is 0 Å². The first-order valence-corrected chi connectivity index (χ1v) is 5.40. The van der Waals surface area contributed by atoms with Crippen LogP contribution in [0.4, 0.5) is 0 Å². The Balaban J connectivity index is 4.26. The molecule has 0 spiro atoms. The molecule has 0 saturated carbocycles. The Hall–Kier alpha value is -0.380. The van der Waals surface area contributed by atoms with Crippen LogP contribution in [0, 0.1) is 5.92 Å². The molecule has 0 aromatic carbocycles. The van der Waals surface area contributed by atoms with E-state index in [1.54, 1.807) is 6.92 Å². The summed E-state index contributed by atoms with van der Waals surface area (Å²) in [6, 6.07) is 0. The van der Waals surface area contributed by atoms with Gasteiger partial charge in [0.1, 0.15) is 0 Å². The average molecular weight is 210 g/mol. The molecule has 0 aromatic rings. The minimum atomic E-state index is -3.65. The summed E-state index contributed by atoms with van der Waals surface area (Å²) in [7, 11) is -1.33. The fourth-order valence-corrected chi connectivity index (χ4v) is 1.21. The fourth-order valence-electron chi connectivity index (χ4n) is 0.516. The molecule has 5 nitrogen and oxygen atoms in total. The first-order valence-electron chi connectivity index (χ1n) is 3.94. The van der Waals surface area contributed by atoms with Gasteiger partial charge in [0.05, 0.1) is 5.92 Å². The highest BCUT2D eigenvalue weighted by molar-refractivity contribution is 7.49. The van der Waals surface area contributed by atoms with E-state index in [9.17, 15) is 9.36 Å². The Bertz CT molecular complexity index is 207. The second kappa shape index (κ2) is 5.37. The van der Waals surface area contributed by atoms with E-state index in [-0.39, 0.29) is 5.92 Å². The molecule has 0 amide bonds. The van der Waals surface area contributed by atoms with E-state index in [1.807, 2.05) is 6.92 Å². The quantitative estimate of drug-likeness (QED) is 0.649. The van der Waals surface area contributed by atoms with Crippen LogP contribution in [0.1, 0.15) is 20.3 Å². The van der Waals surface area contributed by atoms with Crippen LogP contribution in [0.3, 0.4) is 0 Å². The molecule has 13 heavy (non-hydrogen) atoms. The van der Waals surface area contributed by atoms with Gasteiger partial charge in [-0.05, 0) is 6.42 Å². The van der Waals surface area contributed by atoms with Gasteiger partial charge in [0.2, 0.25) is 0 Å². The van der Waals surface area contributed by atoms with E-state index in [1.165, 1.54) is 0 Å². The molecule has 0 aromatic heterocycles. The van der Waals surface area contributed by atoms with Crippen LogP contribution < -0.4 is 0 Å². The molecule has 0 fully saturated rings. The summed E-state index contributed by atoms with van der Waals surface area (Å²) in [5.41, 5.74) is 0. The van der Waals surface area contributed by atoms with Gasteiger partial charge in [0.25, 0.3) is 0 Å². The van der Waals surface area contributed by atoms with E-state index in [0.29, 0.717) is 6.42 Å². The predicted molar refractivity (Wildman–Crippen MR) is 47.2 cm³/mol. The zero-order chi connectivity index (χ0) is 10.5. The lowest BCUT2D eigenvalue weighted by molar-refractivity contribution is -0.140. The third kappa shape index (κ3) is 3.89. The highest BCUT2D eigenvalue weighted by atomic mass is 31.2. The van der Waals surface area contributed by atoms with Gasteiger partial charge >= 0.3 is 13.8 Å². The van der Waals surface area contributed by atoms with Crippen LogP contribution >= 0.6 is 7.82 Å². The smallest absolute Gasteiger partial charge is 0.370 e. The summed E-state index contributed by atoms with van der Waals surface area (Å²) < 4.78 is 24.7. The second-order valence-electron chi connectivity index (χ2n) is 2.53. The molecule has 1 atom stereocenters. The Labute approximate surface area is 78.0 Å². The summed E-state index contributed by atoms with van der Waals surface area (Å²) in [5.74, 6) is -0.881. The number of phosphoric ester groups is 1. The Morgan fingerprint density at radius 2 is 1.85 bits per heavy atom. The minimum absolute atomic E-state index is 0.307. The summed E-state index contributed by atoms with van der Waals surface area (Å²) in [5, 5.41) is 0. The summed E-state index contributed by atoms with van der Waals surface area (Å²) in [4.78, 5) is 11.2. The van der Waals surface area contributed by atoms with Crippen LogP contribution in [-0.4, -0.2) is 20.2 Å². The molecule has 0 radical (unpaired) electrons. The molecular weight excluding hydrogens is 195 g/mol. The van der Waals surface area contributed by atoms with E-state index in [4.69, 9.17) is 0 Å². The molecular formula is C7H15O5P. The number of phosphoric acid groups is 1. The highest BCUT2D eigenvalue weighted by Crippen LogP contribution is 2.48. The number of carbonyl (C=O) groups is 1. The van der Waals surface area contributed by atoms with E-state index in [0.717, 1.165) is 14.2 Å². The molecule has 0 saturated heterocycles. The summed E-state index contributed by atoms with van der Waals surface area (Å²) in [6.45, 7) is 3.51. The predicted octanol–water partition coefficient (Wildman–Crippen LogP) is 1.98. The average Bonchev–Trinajstić information content (AvgIpc) is 2.16. The van der Waals surface area contributed by atoms with Crippen molar-refractivity contribution >= 4 is 13.8 Å². The maximum absolute atomic E-state index is 11.3. The second-order valence-corrected chi connectivity index (χ2v) is 4.34. The number of carbonyl (C=O) groups excluding carboxylic acids is 1. The number of hydrogen-bond donors (Lipinski definition) is 0. The Morgan fingerprint density at radius 1 is 1.38 bits per heavy atom. The number of rotatable bonds is 5. The maximum atomic E-state index is 11.3. The van der Waals surface area contributed by atoms with Crippen molar-refractivity contribution in [1.29, 1.82) is 0 Å². The zero-order valence-electron chi connectivity index (χ0n) is 8.27. The van der Waals surface area contributed by atoms with Crippen molar-refractivity contribution in [3.8, 4) is 0 Å². The molecule has 0 aliphatic heterocycles. The van der Waals surface area contributed by atoms with E-state index >= 15 is 0 Å². The summed E-state index contributed by atoms with van der Waals surface area (Å²) >= 11 is 0. The van der Waals surface area contributed by atoms with Crippen molar-refractivity contribution in [1.82, 2.24) is 0 Å². The van der Waals surface area contributed by atoms with Crippen LogP contribution in [0.2, 0.25) is 0 Å². The molecule has 78 valence electrons. The van der Waals surface area contributed by atoms with Gasteiger partial charge in [-0.2, -0.15) is 0 Å². The molecule has 1 unspecified atom stereocenters. The standard InChI is InChI=1S/C7H15O5P/c1-5-6(2)7(8)12-13(9,10-3)11-4/h6H,5H2,1-4H3. The first kappa shape index (κ1) is 12.6. The maximum Gasteiger partial charge on any atom is 0.531 e. The molecule has 0 N–H and O–H groups in total. The van der Waals surface area contributed by atoms with Crippen LogP contribution in [0.5, 0.6) is 0 Å². The van der Waals surface area contributed by atoms with E-state index in [2.05, 4.69) is 13.6 Å². The lowest BCUT2D eigenvalue weighted by Crippen LogP contribution is -2.13. The molecule has 0 heterocycles. The highest BCUT2D eigenvalue weighted by Gasteiger charge is 2.29. The summed E-state index contributed by atoms with van der Waals surface area (Å²) in [6.07, 6.45) is 0.617. The molecule has 0 rings (SSSR count). The fraction of sp³-hybridized carbons (Fsp3) is 0.857. The van der Waals surface area contributed by atoms with Crippen molar-refractivity contribution in [3.63, 3.8) is 0 Å². The van der Waals surface area contributed by atoms with Crippen molar-refractivity contribution in [2.45, 2.75) is 20.3 Å². The van der Waals surface area contributed by atoms with Gasteiger partial charge in [-0.15, -0.1) is 0 Å². The molecule has 6 heteroatoms. The topological polar surface area (TPSA) is 61.8 Å². The van der Waals surface area contributed by atoms with Gasteiger partial charge in [-0.3, -0.25) is 13.8 Å². The van der Waals surface area contributed by atoms with Crippen LogP contribution in [-0.2, 0) is 22.9 Å². The minimum Gasteiger partial charge on any atom is -0.370 e. The third-order valence-corrected chi connectivity index (χ3v) is 2.96. The third-order valence-electron chi connectivity index (χ3n) is 1.66. The first-order chi connectivity index (χ1) is 5.99. The molecule has 0 aliphatic carbocycles. The Morgan fingerprint density at radius 3 is 2.15 bits per heavy atom. The largest absolute Gasteiger partial charge is 0.531 e. The van der Waals surface area contributed by atoms with Crippen LogP contribution in [0.25, 0.3) is 0 Å². The van der Waals surface area contributed by atoms with Gasteiger partial charge < -0.3 is 4.52 Å². The van der Waals surface area contributed by atoms with Crippen molar-refractivity contribution < 1.29 is 22.9 Å². The number of hydrogen-bond acceptors (Lipinski definition) is 5. The van der Waals surface area contributed by atoms with Crippen molar-refractivity contribution in [2.75, 3.05) is 14.2 Å². The normalized spacial score (nSPS) is 13.8. The zero-order valence-corrected chi connectivity index (χ0v) is 9.17. The Kier molecular flexibility index (Phi) is 5.21. The lowest BCUT2D eigenvalue weighted by Gasteiger charge is -2.14. The monoisotopic (exact) mass is 210 g/mol. The van der Waals surface area contributed by atoms with E-state index < -0.39 is 13.8 Å². The van der Waals surface area contributed by atoms with Gasteiger partial charge in [0, 0.05) is 14.2 Å². The van der Waals surface area contributed by atoms with Gasteiger partial charge in [-0.25, -0.2) is 4.57 Å². The van der Waals surface area contributed by atoms with Gasteiger partial charge in [0.15, 0.2) is 0 Å². The van der Waals surface area contributed by atoms with Crippen molar-refractivity contribution in [2.24, 2.45) is 5.92 Å². The van der Waals surface area contributed by atoms with Gasteiger partial charge in [-0.1, -0.05) is 13.8 Å². The SMILES string of the molecule is CCC(C)C(=O)OP(=O)(OC)OC.